The second-order valence-electron chi connectivity index (χ2n) is 3.48. The lowest BCUT2D eigenvalue weighted by atomic mass is 10.2. The summed E-state index contributed by atoms with van der Waals surface area (Å²) < 4.78 is 24.3. The first kappa shape index (κ1) is 10.8. The van der Waals surface area contributed by atoms with Crippen molar-refractivity contribution in [1.29, 1.82) is 0 Å². The molecule has 3 N–H and O–H groups in total. The van der Waals surface area contributed by atoms with Gasteiger partial charge in [0.05, 0.1) is 11.2 Å². The van der Waals surface area contributed by atoms with Crippen LogP contribution in [-0.4, -0.2) is 13.4 Å². The van der Waals surface area contributed by atoms with Crippen LogP contribution >= 0.6 is 0 Å². The summed E-state index contributed by atoms with van der Waals surface area (Å²) in [6.45, 7) is 1.79. The largest absolute Gasteiger partial charge is 0.296 e. The summed E-state index contributed by atoms with van der Waals surface area (Å²) in [5.74, 6) is 0. The first-order valence-corrected chi connectivity index (χ1v) is 6.17. The summed E-state index contributed by atoms with van der Waals surface area (Å²) in [6.07, 6.45) is 0. The Kier molecular flexibility index (Phi) is 2.53. The minimum absolute atomic E-state index is 0.450. The van der Waals surface area contributed by atoms with Gasteiger partial charge in [0.25, 0.3) is 10.2 Å². The molecule has 16 heavy (non-hydrogen) atoms. The van der Waals surface area contributed by atoms with Crippen LogP contribution in [0.15, 0.2) is 30.3 Å². The van der Waals surface area contributed by atoms with E-state index in [-0.39, 0.29) is 0 Å². The molecular formula is C10H11N3O2S. The van der Waals surface area contributed by atoms with E-state index in [0.29, 0.717) is 5.69 Å². The van der Waals surface area contributed by atoms with Crippen LogP contribution < -0.4 is 9.86 Å². The Bertz CT molecular complexity index is 638. The fraction of sp³-hybridized carbons (Fsp3) is 0.100. The van der Waals surface area contributed by atoms with Gasteiger partial charge in [-0.1, -0.05) is 18.2 Å². The quantitative estimate of drug-likeness (QED) is 0.821. The van der Waals surface area contributed by atoms with E-state index in [1.165, 1.54) is 0 Å². The van der Waals surface area contributed by atoms with Crippen LogP contribution in [0.1, 0.15) is 5.69 Å². The number of nitrogens with two attached hydrogens (primary N) is 1. The van der Waals surface area contributed by atoms with Gasteiger partial charge < -0.3 is 0 Å². The van der Waals surface area contributed by atoms with E-state index < -0.39 is 10.2 Å². The lowest BCUT2D eigenvalue weighted by Crippen LogP contribution is -2.22. The molecule has 0 spiro atoms. The molecule has 0 fully saturated rings. The van der Waals surface area contributed by atoms with Gasteiger partial charge in [-0.3, -0.25) is 9.71 Å². The van der Waals surface area contributed by atoms with Gasteiger partial charge in [0.2, 0.25) is 0 Å². The van der Waals surface area contributed by atoms with Crippen molar-refractivity contribution < 1.29 is 8.42 Å². The maximum absolute atomic E-state index is 11.0. The van der Waals surface area contributed by atoms with Crippen LogP contribution in [-0.2, 0) is 10.2 Å². The lowest BCUT2D eigenvalue weighted by molar-refractivity contribution is 0.603. The maximum Gasteiger partial charge on any atom is 0.296 e. The molecule has 0 atom stereocenters. The van der Waals surface area contributed by atoms with Crippen LogP contribution in [0.2, 0.25) is 0 Å². The number of pyridine rings is 1. The third kappa shape index (κ3) is 2.29. The average Bonchev–Trinajstić information content (AvgIpc) is 2.14. The Morgan fingerprint density at radius 1 is 1.31 bits per heavy atom. The summed E-state index contributed by atoms with van der Waals surface area (Å²) in [5.41, 5.74) is 1.91. The third-order valence-electron chi connectivity index (χ3n) is 2.10. The van der Waals surface area contributed by atoms with E-state index in [0.717, 1.165) is 16.6 Å². The van der Waals surface area contributed by atoms with Crippen molar-refractivity contribution in [3.05, 3.63) is 36.0 Å². The van der Waals surface area contributed by atoms with Crippen LogP contribution in [0, 0.1) is 6.92 Å². The van der Waals surface area contributed by atoms with Crippen LogP contribution in [0.4, 0.5) is 5.69 Å². The van der Waals surface area contributed by atoms with Crippen LogP contribution in [0.25, 0.3) is 10.9 Å². The number of rotatable bonds is 2. The number of aromatic nitrogens is 1. The minimum Gasteiger partial charge on any atom is -0.271 e. The molecule has 2 rings (SSSR count). The smallest absolute Gasteiger partial charge is 0.271 e. The van der Waals surface area contributed by atoms with Gasteiger partial charge >= 0.3 is 0 Å². The Hall–Kier alpha value is -1.66. The van der Waals surface area contributed by atoms with Crippen molar-refractivity contribution in [2.75, 3.05) is 4.72 Å². The first-order valence-electron chi connectivity index (χ1n) is 4.63. The van der Waals surface area contributed by atoms with Gasteiger partial charge in [0.15, 0.2) is 0 Å². The molecule has 1 heterocycles. The SMILES string of the molecule is Cc1cc(NS(N)(=O)=O)c2ccccc2n1. The van der Waals surface area contributed by atoms with Crippen LogP contribution in [0.3, 0.4) is 0 Å². The second-order valence-corrected chi connectivity index (χ2v) is 4.77. The summed E-state index contributed by atoms with van der Waals surface area (Å²) in [6, 6.07) is 8.90. The van der Waals surface area contributed by atoms with Crippen molar-refractivity contribution in [3.8, 4) is 0 Å². The molecule has 0 radical (unpaired) electrons. The second kappa shape index (κ2) is 3.73. The normalized spacial score (nSPS) is 11.6. The molecule has 0 aliphatic heterocycles. The molecule has 0 amide bonds. The van der Waals surface area contributed by atoms with Gasteiger partial charge in [0, 0.05) is 11.1 Å². The van der Waals surface area contributed by atoms with Crippen molar-refractivity contribution in [3.63, 3.8) is 0 Å². The summed E-state index contributed by atoms with van der Waals surface area (Å²) in [4.78, 5) is 4.29. The van der Waals surface area contributed by atoms with Crippen molar-refractivity contribution in [2.45, 2.75) is 6.92 Å². The van der Waals surface area contributed by atoms with E-state index in [9.17, 15) is 8.42 Å². The minimum atomic E-state index is -3.76. The van der Waals surface area contributed by atoms with E-state index in [1.807, 2.05) is 18.2 Å². The maximum atomic E-state index is 11.0. The molecule has 0 unspecified atom stereocenters. The van der Waals surface area contributed by atoms with Crippen LogP contribution in [0.5, 0.6) is 0 Å². The number of fused-ring (bicyclic) bond motifs is 1. The Balaban J connectivity index is 2.68. The predicted octanol–water partition coefficient (Wildman–Crippen LogP) is 1.16. The number of para-hydroxylation sites is 1. The van der Waals surface area contributed by atoms with Gasteiger partial charge in [-0.05, 0) is 19.1 Å². The zero-order valence-electron chi connectivity index (χ0n) is 8.64. The Morgan fingerprint density at radius 3 is 2.69 bits per heavy atom. The topological polar surface area (TPSA) is 85.1 Å². The molecule has 0 bridgehead atoms. The van der Waals surface area contributed by atoms with E-state index in [2.05, 4.69) is 9.71 Å². The van der Waals surface area contributed by atoms with Gasteiger partial charge in [0.1, 0.15) is 0 Å². The molecule has 0 aliphatic carbocycles. The zero-order chi connectivity index (χ0) is 11.8. The lowest BCUT2D eigenvalue weighted by Gasteiger charge is -2.08. The van der Waals surface area contributed by atoms with Crippen molar-refractivity contribution >= 4 is 26.8 Å². The Labute approximate surface area is 93.5 Å². The molecule has 0 saturated heterocycles. The predicted molar refractivity (Wildman–Crippen MR) is 63.2 cm³/mol. The molecular weight excluding hydrogens is 226 g/mol. The van der Waals surface area contributed by atoms with Crippen molar-refractivity contribution in [1.82, 2.24) is 4.98 Å². The summed E-state index contributed by atoms with van der Waals surface area (Å²) >= 11 is 0. The van der Waals surface area contributed by atoms with Crippen molar-refractivity contribution in [2.24, 2.45) is 5.14 Å². The van der Waals surface area contributed by atoms with E-state index in [4.69, 9.17) is 5.14 Å². The fourth-order valence-electron chi connectivity index (χ4n) is 1.55. The molecule has 0 saturated carbocycles. The number of hydrogen-bond acceptors (Lipinski definition) is 3. The number of aryl methyl sites for hydroxylation is 1. The highest BCUT2D eigenvalue weighted by molar-refractivity contribution is 7.90. The fourth-order valence-corrected chi connectivity index (χ4v) is 2.02. The molecule has 0 aliphatic rings. The highest BCUT2D eigenvalue weighted by Crippen LogP contribution is 2.23. The molecule has 5 nitrogen and oxygen atoms in total. The standard InChI is InChI=1S/C10H11N3O2S/c1-7-6-10(13-16(11,14)15)8-4-2-3-5-9(8)12-7/h2-6H,1H3,(H,12,13)(H2,11,14,15). The summed E-state index contributed by atoms with van der Waals surface area (Å²) in [7, 11) is -3.76. The van der Waals surface area contributed by atoms with E-state index >= 15 is 0 Å². The molecule has 6 heteroatoms. The van der Waals surface area contributed by atoms with Gasteiger partial charge in [-0.2, -0.15) is 8.42 Å². The highest BCUT2D eigenvalue weighted by atomic mass is 32.2. The molecule has 84 valence electrons. The number of nitrogens with one attached hydrogen (secondary N) is 1. The molecule has 2 aromatic rings. The van der Waals surface area contributed by atoms with Gasteiger partial charge in [-0.15, -0.1) is 0 Å². The Morgan fingerprint density at radius 2 is 2.00 bits per heavy atom. The average molecular weight is 237 g/mol. The van der Waals surface area contributed by atoms with E-state index in [1.54, 1.807) is 19.1 Å². The zero-order valence-corrected chi connectivity index (χ0v) is 9.45. The number of anilines is 1. The molecule has 1 aromatic carbocycles. The molecule has 1 aromatic heterocycles. The van der Waals surface area contributed by atoms with Gasteiger partial charge in [-0.25, -0.2) is 5.14 Å². The monoisotopic (exact) mass is 237 g/mol. The third-order valence-corrected chi connectivity index (χ3v) is 2.60. The first-order chi connectivity index (χ1) is 7.46. The number of nitrogens with zero attached hydrogens (tertiary/aromatic N) is 1. The number of benzene rings is 1. The number of hydrogen-bond donors (Lipinski definition) is 2. The summed E-state index contributed by atoms with van der Waals surface area (Å²) in [5, 5.41) is 5.67. The highest BCUT2D eigenvalue weighted by Gasteiger charge is 2.07.